The first kappa shape index (κ1) is 33.1. The van der Waals surface area contributed by atoms with E-state index in [0.29, 0.717) is 56.3 Å². The van der Waals surface area contributed by atoms with Crippen LogP contribution in [0.2, 0.25) is 0 Å². The number of fused-ring (bicyclic) bond motifs is 3. The Bertz CT molecular complexity index is 2040. The number of unbranched alkanes of at least 4 members (excludes halogenated alkanes) is 1. The second-order valence-electron chi connectivity index (χ2n) is 11.7. The van der Waals surface area contributed by atoms with Crippen molar-refractivity contribution < 1.29 is 39.7 Å². The van der Waals surface area contributed by atoms with E-state index in [1.165, 1.54) is 0 Å². The Hall–Kier alpha value is -3.85. The van der Waals surface area contributed by atoms with Crippen LogP contribution in [0.1, 0.15) is 38.3 Å². The summed E-state index contributed by atoms with van der Waals surface area (Å²) in [4.78, 5) is 0. The first-order valence-electron chi connectivity index (χ1n) is 15.6. The Balaban J connectivity index is 1.51. The zero-order chi connectivity index (χ0) is 33.2. The van der Waals surface area contributed by atoms with Gasteiger partial charge in [0.25, 0.3) is 10.1 Å². The van der Waals surface area contributed by atoms with E-state index in [1.54, 1.807) is 14.0 Å². The van der Waals surface area contributed by atoms with E-state index >= 15 is 0 Å². The summed E-state index contributed by atoms with van der Waals surface area (Å²) in [7, 11) is -6.59. The highest BCUT2D eigenvalue weighted by Gasteiger charge is 2.60. The van der Waals surface area contributed by atoms with Crippen LogP contribution in [0, 0.1) is 0 Å². The van der Waals surface area contributed by atoms with Crippen LogP contribution in [0.4, 0.5) is 5.69 Å². The van der Waals surface area contributed by atoms with E-state index in [0.717, 1.165) is 33.4 Å². The van der Waals surface area contributed by atoms with Gasteiger partial charge in [0, 0.05) is 44.0 Å². The number of rotatable bonds is 12. The third-order valence-electron chi connectivity index (χ3n) is 8.79. The van der Waals surface area contributed by atoms with Crippen molar-refractivity contribution in [3.63, 3.8) is 0 Å². The first-order chi connectivity index (χ1) is 22.6. The number of ether oxygens (including phenoxy) is 2. The van der Waals surface area contributed by atoms with Crippen LogP contribution in [-0.4, -0.2) is 52.7 Å². The molecule has 47 heavy (non-hydrogen) atoms. The maximum absolute atomic E-state index is 13.8. The molecule has 2 aliphatic rings. The molecule has 4 aromatic rings. The molecule has 3 heterocycles. The average molecular weight is 682 g/mol. The Morgan fingerprint density at radius 1 is 1.00 bits per heavy atom. The van der Waals surface area contributed by atoms with Gasteiger partial charge in [-0.1, -0.05) is 43.3 Å². The lowest BCUT2D eigenvalue weighted by Gasteiger charge is -2.32. The van der Waals surface area contributed by atoms with Gasteiger partial charge in [-0.05, 0) is 41.8 Å². The molecule has 1 spiro atoms. The maximum atomic E-state index is 13.8. The monoisotopic (exact) mass is 681 g/mol. The zero-order valence-corrected chi connectivity index (χ0v) is 28.0. The van der Waals surface area contributed by atoms with Crippen LogP contribution in [-0.2, 0) is 31.1 Å². The van der Waals surface area contributed by atoms with Gasteiger partial charge < -0.3 is 9.47 Å². The van der Waals surface area contributed by atoms with Crippen LogP contribution >= 0.6 is 0 Å². The van der Waals surface area contributed by atoms with Crippen molar-refractivity contribution in [3.05, 3.63) is 90.4 Å². The number of hydrogen-bond donors (Lipinski definition) is 2. The molecule has 13 heteroatoms. The Morgan fingerprint density at radius 3 is 2.55 bits per heavy atom. The van der Waals surface area contributed by atoms with E-state index < -0.39 is 25.6 Å². The molecule has 0 saturated carbocycles. The molecule has 1 saturated heterocycles. The Labute approximate surface area is 275 Å². The molecule has 1 aromatic heterocycles. The molecular weight excluding hydrogens is 643 g/mol. The second kappa shape index (κ2) is 13.3. The van der Waals surface area contributed by atoms with Gasteiger partial charge in [0.05, 0.1) is 24.8 Å². The molecule has 0 amide bonds. The number of quaternary nitrogens is 1. The van der Waals surface area contributed by atoms with E-state index in [1.807, 2.05) is 84.9 Å². The highest BCUT2D eigenvalue weighted by atomic mass is 32.2. The lowest BCUT2D eigenvalue weighted by atomic mass is 10.0. The summed E-state index contributed by atoms with van der Waals surface area (Å²) in [5, 5.41) is -0.0537. The number of nitrogens with zero attached hydrogens (tertiary/aromatic N) is 2. The molecule has 1 fully saturated rings. The summed E-state index contributed by atoms with van der Waals surface area (Å²) < 4.78 is 79.0. The van der Waals surface area contributed by atoms with Crippen molar-refractivity contribution in [2.75, 3.05) is 26.0 Å². The predicted molar refractivity (Wildman–Crippen MR) is 180 cm³/mol. The third kappa shape index (κ3) is 6.64. The summed E-state index contributed by atoms with van der Waals surface area (Å²) in [6.07, 6.45) is 3.62. The summed E-state index contributed by atoms with van der Waals surface area (Å²) in [6.45, 7) is 3.01. The molecule has 11 nitrogen and oxygen atoms in total. The van der Waals surface area contributed by atoms with Gasteiger partial charge in [-0.3, -0.25) is 4.55 Å². The van der Waals surface area contributed by atoms with Gasteiger partial charge in [-0.2, -0.15) is 31.2 Å². The van der Waals surface area contributed by atoms with Crippen molar-refractivity contribution in [3.8, 4) is 22.6 Å². The van der Waals surface area contributed by atoms with Gasteiger partial charge in [-0.15, -0.1) is 0 Å². The Kier molecular flexibility index (Phi) is 9.38. The van der Waals surface area contributed by atoms with Crippen LogP contribution in [0.3, 0.4) is 0 Å². The maximum Gasteiger partial charge on any atom is 0.338 e. The molecule has 0 aliphatic carbocycles. The van der Waals surface area contributed by atoms with Crippen molar-refractivity contribution in [1.82, 2.24) is 9.96 Å². The smallest absolute Gasteiger partial charge is 0.338 e. The highest BCUT2D eigenvalue weighted by molar-refractivity contribution is 7.87. The van der Waals surface area contributed by atoms with E-state index in [2.05, 4.69) is 10.0 Å². The normalized spacial score (nSPS) is 20.1. The minimum Gasteiger partial charge on any atom is -0.497 e. The number of pyridine rings is 1. The van der Waals surface area contributed by atoms with E-state index in [-0.39, 0.29) is 16.7 Å². The zero-order valence-electron chi connectivity index (χ0n) is 26.3. The molecule has 2 aliphatic heterocycles. The lowest BCUT2D eigenvalue weighted by molar-refractivity contribution is -0.673. The van der Waals surface area contributed by atoms with Crippen molar-refractivity contribution >= 4 is 42.9 Å². The highest BCUT2D eigenvalue weighted by Crippen LogP contribution is 2.53. The lowest BCUT2D eigenvalue weighted by Crippen LogP contribution is -2.55. The van der Waals surface area contributed by atoms with E-state index in [9.17, 15) is 21.4 Å². The quantitative estimate of drug-likeness (QED) is 0.0685. The van der Waals surface area contributed by atoms with Gasteiger partial charge in [0.2, 0.25) is 16.6 Å². The van der Waals surface area contributed by atoms with E-state index in [4.69, 9.17) is 13.8 Å². The van der Waals surface area contributed by atoms with Crippen molar-refractivity contribution in [1.29, 1.82) is 0 Å². The van der Waals surface area contributed by atoms with Crippen LogP contribution in [0.25, 0.3) is 28.1 Å². The molecule has 2 N–H and O–H groups in total. The summed E-state index contributed by atoms with van der Waals surface area (Å²) in [5.74, 6) is 1.39. The Morgan fingerprint density at radius 2 is 1.81 bits per heavy atom. The fourth-order valence-corrected chi connectivity index (χ4v) is 8.83. The molecule has 6 rings (SSSR count). The number of aryl methyl sites for hydroxylation is 1. The minimum absolute atomic E-state index is 0.0624. The average Bonchev–Trinajstić information content (AvgIpc) is 3.65. The molecule has 3 aromatic carbocycles. The van der Waals surface area contributed by atoms with Crippen LogP contribution in [0.5, 0.6) is 11.5 Å². The molecule has 2 unspecified atom stereocenters. The predicted octanol–water partition coefficient (Wildman–Crippen LogP) is 5.16. The summed E-state index contributed by atoms with van der Waals surface area (Å²) >= 11 is 0. The molecule has 2 atom stereocenters. The topological polar surface area (TPSA) is 132 Å². The van der Waals surface area contributed by atoms with Gasteiger partial charge >= 0.3 is 16.0 Å². The van der Waals surface area contributed by atoms with Gasteiger partial charge in [-0.25, -0.2) is 4.48 Å². The fourth-order valence-electron chi connectivity index (χ4n) is 6.65. The minimum atomic E-state index is -4.10. The number of benzene rings is 3. The summed E-state index contributed by atoms with van der Waals surface area (Å²) in [5.41, 5.74) is 6.85. The van der Waals surface area contributed by atoms with Crippen LogP contribution in [0.15, 0.2) is 84.7 Å². The van der Waals surface area contributed by atoms with Crippen molar-refractivity contribution in [2.24, 2.45) is 0 Å². The third-order valence-corrected chi connectivity index (χ3v) is 11.2. The van der Waals surface area contributed by atoms with Gasteiger partial charge in [0.15, 0.2) is 11.4 Å². The number of hydroxylamine groups is 1. The molecule has 0 bridgehead atoms. The molecule has 0 radical (unpaired) electrons. The first-order valence-corrected chi connectivity index (χ1v) is 18.7. The molecule has 248 valence electrons. The number of hydrogen-bond acceptors (Lipinski definition) is 8. The SMILES string of the molecule is CCNOS(=O)(=O)C1CCC[N+]12/C(=C/c1ccc3cc(OC)ccc3[n+]1CCCCS(=O)(=O)O)Oc1ccc(-c3ccccc3)cc12. The van der Waals surface area contributed by atoms with Gasteiger partial charge in [0.1, 0.15) is 18.4 Å². The van der Waals surface area contributed by atoms with Crippen LogP contribution < -0.4 is 24.0 Å². The fraction of sp³-hybridized carbons (Fsp3) is 0.324. The summed E-state index contributed by atoms with van der Waals surface area (Å²) in [6, 6.07) is 25.4. The largest absolute Gasteiger partial charge is 0.497 e. The number of methoxy groups -OCH3 is 1. The van der Waals surface area contributed by atoms with Crippen molar-refractivity contribution in [2.45, 2.75) is 44.5 Å². The standard InChI is InChI=1S/C34H38N3O8S2/c1-3-35-45-47(41,42)34-12-9-20-37(34)31-23-26(25-10-5-4-6-11-25)14-18-32(31)44-33(37)24-28-15-13-27-22-29(43-2)16-17-30(27)36(28)19-7-8-21-46(38,39)40/h4-6,10-11,13-18,22-24,34-35H,3,7-9,12,19-21H2,1-2H3/q+1/p+1/b33-24-. The number of aromatic nitrogens is 1. The second-order valence-corrected chi connectivity index (χ2v) is 15.0. The molecular formula is C34H39N3O8S2+2. The number of nitrogens with one attached hydrogen (secondary N) is 1.